The third-order valence-corrected chi connectivity index (χ3v) is 18.5. The molecule has 13 aromatic carbocycles. The lowest BCUT2D eigenvalue weighted by Crippen LogP contribution is -1.99. The van der Waals surface area contributed by atoms with Gasteiger partial charge in [-0.3, -0.25) is 0 Å². The number of nitrogens with zero attached hydrogens (tertiary/aromatic N) is 5. The van der Waals surface area contributed by atoms with Crippen molar-refractivity contribution >= 4 is 142 Å². The van der Waals surface area contributed by atoms with Crippen molar-refractivity contribution in [2.75, 3.05) is 0 Å². The molecule has 88 heavy (non-hydrogen) atoms. The van der Waals surface area contributed by atoms with Crippen LogP contribution in [0.4, 0.5) is 0 Å². The zero-order chi connectivity index (χ0) is 57.3. The van der Waals surface area contributed by atoms with E-state index in [-0.39, 0.29) is 0 Å². The van der Waals surface area contributed by atoms with E-state index in [1.807, 2.05) is 24.3 Å². The SMILES string of the molecule is c1cc(-c2nc(-c3ccc(-n4c5ccccc5c5ccc6c7ccccc7oc6c54)cc3)c3cc(-c4ccc(-n5c6ccccc6c6ccc7c8ccccc8oc7c65)cc4)ccc3n2)cc(-n2c3ccccc3c3ccc4c5ccccc5oc4c32)c1. The van der Waals surface area contributed by atoms with Crippen molar-refractivity contribution in [3.8, 4) is 50.8 Å². The summed E-state index contributed by atoms with van der Waals surface area (Å²) in [5.74, 6) is 0.625. The summed E-state index contributed by atoms with van der Waals surface area (Å²) < 4.78 is 27.2. The Morgan fingerprint density at radius 1 is 0.239 bits per heavy atom. The largest absolute Gasteiger partial charge is 0.454 e. The minimum atomic E-state index is 0.625. The van der Waals surface area contributed by atoms with Crippen molar-refractivity contribution in [3.63, 3.8) is 0 Å². The number of furan rings is 3. The zero-order valence-corrected chi connectivity index (χ0v) is 46.9. The third-order valence-electron chi connectivity index (χ3n) is 18.5. The molecule has 0 aliphatic heterocycles. The van der Waals surface area contributed by atoms with Crippen molar-refractivity contribution in [3.05, 3.63) is 273 Å². The first-order valence-corrected chi connectivity index (χ1v) is 29.8. The molecule has 0 saturated heterocycles. The average Bonchev–Trinajstić information content (AvgIpc) is 1.91. The molecule has 0 radical (unpaired) electrons. The number of hydrogen-bond acceptors (Lipinski definition) is 5. The predicted molar refractivity (Wildman–Crippen MR) is 361 cm³/mol. The maximum atomic E-state index is 6.75. The van der Waals surface area contributed by atoms with Crippen LogP contribution in [0.15, 0.2) is 286 Å². The fraction of sp³-hybridized carbons (Fsp3) is 0. The number of fused-ring (bicyclic) bond motifs is 22. The molecule has 0 fully saturated rings. The van der Waals surface area contributed by atoms with Gasteiger partial charge in [0.2, 0.25) is 0 Å². The second kappa shape index (κ2) is 17.8. The van der Waals surface area contributed by atoms with Crippen molar-refractivity contribution in [2.24, 2.45) is 0 Å². The third kappa shape index (κ3) is 6.62. The molecule has 8 heteroatoms. The minimum Gasteiger partial charge on any atom is -0.454 e. The fourth-order valence-corrected chi connectivity index (χ4v) is 14.5. The zero-order valence-electron chi connectivity index (χ0n) is 46.9. The molecule has 0 N–H and O–H groups in total. The number of benzene rings is 13. The van der Waals surface area contributed by atoms with Crippen molar-refractivity contribution in [1.82, 2.24) is 23.7 Å². The summed E-state index contributed by atoms with van der Waals surface area (Å²) in [7, 11) is 0. The highest BCUT2D eigenvalue weighted by Crippen LogP contribution is 2.45. The molecule has 0 aliphatic rings. The first-order valence-electron chi connectivity index (χ1n) is 29.8. The van der Waals surface area contributed by atoms with Crippen LogP contribution in [0.2, 0.25) is 0 Å². The van der Waals surface area contributed by atoms with Gasteiger partial charge in [-0.25, -0.2) is 9.97 Å². The minimum absolute atomic E-state index is 0.625. The van der Waals surface area contributed by atoms with Gasteiger partial charge in [0.1, 0.15) is 16.7 Å². The molecule has 408 valence electrons. The van der Waals surface area contributed by atoms with E-state index >= 15 is 0 Å². The monoisotopic (exact) mass is 1120 g/mol. The Labute approximate surface area is 500 Å². The van der Waals surface area contributed by atoms with E-state index in [0.29, 0.717) is 5.82 Å². The molecule has 0 aliphatic carbocycles. The van der Waals surface area contributed by atoms with E-state index in [1.54, 1.807) is 0 Å². The molecule has 7 aromatic heterocycles. The molecule has 0 amide bonds. The van der Waals surface area contributed by atoms with Crippen LogP contribution in [0.25, 0.3) is 193 Å². The van der Waals surface area contributed by atoms with Crippen LogP contribution in [0.5, 0.6) is 0 Å². The summed E-state index contributed by atoms with van der Waals surface area (Å²) in [6.45, 7) is 0. The van der Waals surface area contributed by atoms with Crippen LogP contribution >= 0.6 is 0 Å². The Balaban J connectivity index is 0.763. The molecule has 0 spiro atoms. The predicted octanol–water partition coefficient (Wildman–Crippen LogP) is 21.6. The van der Waals surface area contributed by atoms with Gasteiger partial charge in [-0.05, 0) is 114 Å². The second-order valence-corrected chi connectivity index (χ2v) is 23.1. The maximum absolute atomic E-state index is 6.75. The smallest absolute Gasteiger partial charge is 0.160 e. The summed E-state index contributed by atoms with van der Waals surface area (Å²) in [4.78, 5) is 11.1. The standard InChI is InChI=1S/C80H45N5O3/c1-7-22-67-53(16-1)59-37-40-62-56-19-4-10-25-70(56)86-77(62)74(59)83(67)50-33-28-46(29-34-50)48-32-43-66-65(45-48)73(47-30-35-51(36-31-47)84-68-23-8-2-17-54(68)60-38-41-63-57-20-5-11-26-71(57)87-78(63)75(60)84)82-80(81-66)49-14-13-15-52(44-49)85-69-24-9-3-18-55(69)61-39-42-64-58-21-6-12-27-72(58)88-79(64)76(61)85/h1-45H. The van der Waals surface area contributed by atoms with E-state index in [1.165, 1.54) is 10.8 Å². The number of rotatable bonds is 6. The van der Waals surface area contributed by atoms with Gasteiger partial charge in [0, 0.05) is 98.2 Å². The Hall–Kier alpha value is -12.0. The molecule has 0 saturated carbocycles. The Kier molecular flexibility index (Phi) is 9.57. The molecule has 0 atom stereocenters. The number of aromatic nitrogens is 5. The Bertz CT molecular complexity index is 6370. The highest BCUT2D eigenvalue weighted by atomic mass is 16.3. The summed E-state index contributed by atoms with van der Waals surface area (Å²) in [5.41, 5.74) is 20.4. The van der Waals surface area contributed by atoms with Crippen LogP contribution in [-0.4, -0.2) is 23.7 Å². The quantitative estimate of drug-likeness (QED) is 0.166. The summed E-state index contributed by atoms with van der Waals surface area (Å²) in [6.07, 6.45) is 0. The summed E-state index contributed by atoms with van der Waals surface area (Å²) in [6, 6.07) is 97.1. The topological polar surface area (TPSA) is 80.0 Å². The van der Waals surface area contributed by atoms with Crippen LogP contribution < -0.4 is 0 Å². The van der Waals surface area contributed by atoms with E-state index < -0.39 is 0 Å². The first-order chi connectivity index (χ1) is 43.6. The number of hydrogen-bond donors (Lipinski definition) is 0. The molecule has 20 rings (SSSR count). The van der Waals surface area contributed by atoms with Gasteiger partial charge < -0.3 is 27.0 Å². The number of para-hydroxylation sites is 6. The van der Waals surface area contributed by atoms with Crippen LogP contribution in [0.1, 0.15) is 0 Å². The molecule has 0 unspecified atom stereocenters. The molecule has 8 nitrogen and oxygen atoms in total. The van der Waals surface area contributed by atoms with Gasteiger partial charge in [-0.15, -0.1) is 0 Å². The lowest BCUT2D eigenvalue weighted by atomic mass is 9.99. The summed E-state index contributed by atoms with van der Waals surface area (Å²) >= 11 is 0. The fourth-order valence-electron chi connectivity index (χ4n) is 14.5. The van der Waals surface area contributed by atoms with E-state index in [4.69, 9.17) is 23.2 Å². The van der Waals surface area contributed by atoms with Gasteiger partial charge >= 0.3 is 0 Å². The van der Waals surface area contributed by atoms with Crippen molar-refractivity contribution < 1.29 is 13.3 Å². The van der Waals surface area contributed by atoms with Crippen molar-refractivity contribution in [2.45, 2.75) is 0 Å². The molecule has 20 aromatic rings. The highest BCUT2D eigenvalue weighted by molar-refractivity contribution is 6.24. The average molecular weight is 1120 g/mol. The van der Waals surface area contributed by atoms with Gasteiger partial charge in [0.05, 0.1) is 44.3 Å². The second-order valence-electron chi connectivity index (χ2n) is 23.1. The lowest BCUT2D eigenvalue weighted by Gasteiger charge is -2.14. The lowest BCUT2D eigenvalue weighted by molar-refractivity contribution is 0.670. The van der Waals surface area contributed by atoms with Gasteiger partial charge in [0.15, 0.2) is 22.6 Å². The maximum Gasteiger partial charge on any atom is 0.160 e. The molecule has 7 heterocycles. The first kappa shape index (κ1) is 47.4. The normalized spacial score (nSPS) is 12.3. The highest BCUT2D eigenvalue weighted by Gasteiger charge is 2.24. The van der Waals surface area contributed by atoms with Crippen LogP contribution in [-0.2, 0) is 0 Å². The summed E-state index contributed by atoms with van der Waals surface area (Å²) in [5, 5.41) is 14.5. The van der Waals surface area contributed by atoms with Crippen LogP contribution in [0, 0.1) is 0 Å². The van der Waals surface area contributed by atoms with Gasteiger partial charge in [-0.2, -0.15) is 0 Å². The van der Waals surface area contributed by atoms with Crippen molar-refractivity contribution in [1.29, 1.82) is 0 Å². The molecule has 0 bridgehead atoms. The van der Waals surface area contributed by atoms with E-state index in [2.05, 4.69) is 262 Å². The Morgan fingerprint density at radius 3 is 1.11 bits per heavy atom. The Morgan fingerprint density at radius 2 is 0.636 bits per heavy atom. The van der Waals surface area contributed by atoms with Crippen LogP contribution in [0.3, 0.4) is 0 Å². The van der Waals surface area contributed by atoms with E-state index in [9.17, 15) is 0 Å². The molecular weight excluding hydrogens is 1080 g/mol. The van der Waals surface area contributed by atoms with Gasteiger partial charge in [0.25, 0.3) is 0 Å². The van der Waals surface area contributed by atoms with Gasteiger partial charge in [-0.1, -0.05) is 170 Å². The molecular formula is C80H45N5O3. The van der Waals surface area contributed by atoms with E-state index in [0.717, 1.165) is 176 Å².